The van der Waals surface area contributed by atoms with Gasteiger partial charge in [0.1, 0.15) is 0 Å². The van der Waals surface area contributed by atoms with Gasteiger partial charge in [-0.3, -0.25) is 4.79 Å². The summed E-state index contributed by atoms with van der Waals surface area (Å²) in [7, 11) is 0. The number of halogens is 1. The van der Waals surface area contributed by atoms with E-state index in [1.807, 2.05) is 12.1 Å². The molecule has 0 saturated carbocycles. The number of rotatable bonds is 8. The van der Waals surface area contributed by atoms with Crippen molar-refractivity contribution in [2.45, 2.75) is 39.7 Å². The van der Waals surface area contributed by atoms with Crippen LogP contribution < -0.4 is 5.32 Å². The molecule has 0 spiro atoms. The minimum atomic E-state index is -0.706. The van der Waals surface area contributed by atoms with E-state index in [9.17, 15) is 9.90 Å². The van der Waals surface area contributed by atoms with Gasteiger partial charge in [0, 0.05) is 17.1 Å². The molecule has 1 aromatic carbocycles. The average Bonchev–Trinajstić information content (AvgIpc) is 2.36. The molecule has 112 valence electrons. The van der Waals surface area contributed by atoms with Crippen LogP contribution in [-0.4, -0.2) is 23.7 Å². The van der Waals surface area contributed by atoms with Gasteiger partial charge in [-0.05, 0) is 43.4 Å². The molecular formula is C16H24BrNO2. The van der Waals surface area contributed by atoms with Crippen LogP contribution in [0.5, 0.6) is 0 Å². The predicted molar refractivity (Wildman–Crippen MR) is 85.9 cm³/mol. The molecule has 0 fully saturated rings. The number of carboxylic acid groups (broad SMARTS) is 1. The van der Waals surface area contributed by atoms with Crippen molar-refractivity contribution in [2.24, 2.45) is 11.8 Å². The minimum absolute atomic E-state index is 0.269. The first kappa shape index (κ1) is 17.2. The molecule has 0 radical (unpaired) electrons. The summed E-state index contributed by atoms with van der Waals surface area (Å²) in [6, 6.07) is 8.50. The Morgan fingerprint density at radius 3 is 2.35 bits per heavy atom. The average molecular weight is 342 g/mol. The largest absolute Gasteiger partial charge is 0.481 e. The highest BCUT2D eigenvalue weighted by molar-refractivity contribution is 9.10. The molecule has 0 heterocycles. The van der Waals surface area contributed by atoms with Crippen molar-refractivity contribution in [3.8, 4) is 0 Å². The van der Waals surface area contributed by atoms with Crippen LogP contribution in [0.15, 0.2) is 28.7 Å². The fraction of sp³-hybridized carbons (Fsp3) is 0.562. The zero-order chi connectivity index (χ0) is 15.1. The maximum Gasteiger partial charge on any atom is 0.307 e. The van der Waals surface area contributed by atoms with E-state index >= 15 is 0 Å². The van der Waals surface area contributed by atoms with E-state index < -0.39 is 5.97 Å². The van der Waals surface area contributed by atoms with Crippen molar-refractivity contribution in [3.05, 3.63) is 34.3 Å². The summed E-state index contributed by atoms with van der Waals surface area (Å²) in [4.78, 5) is 11.2. The lowest BCUT2D eigenvalue weighted by molar-refractivity contribution is -0.142. The number of carboxylic acids is 1. The van der Waals surface area contributed by atoms with E-state index in [0.717, 1.165) is 10.9 Å². The third-order valence-corrected chi connectivity index (χ3v) is 3.80. The second-order valence-electron chi connectivity index (χ2n) is 5.80. The topological polar surface area (TPSA) is 49.3 Å². The Kier molecular flexibility index (Phi) is 7.24. The standard InChI is InChI=1S/C16H24BrNO2/c1-11(2)8-14(16(19)20)10-18-12(3)9-13-4-6-15(17)7-5-13/h4-7,11-12,14,18H,8-10H2,1-3H3,(H,19,20). The van der Waals surface area contributed by atoms with Gasteiger partial charge in [-0.2, -0.15) is 0 Å². The van der Waals surface area contributed by atoms with Crippen molar-refractivity contribution >= 4 is 21.9 Å². The number of aliphatic carboxylic acids is 1. The van der Waals surface area contributed by atoms with Gasteiger partial charge < -0.3 is 10.4 Å². The highest BCUT2D eigenvalue weighted by Gasteiger charge is 2.19. The van der Waals surface area contributed by atoms with Gasteiger partial charge >= 0.3 is 5.97 Å². The highest BCUT2D eigenvalue weighted by Crippen LogP contribution is 2.13. The smallest absolute Gasteiger partial charge is 0.307 e. The Bertz CT molecular complexity index is 417. The third kappa shape index (κ3) is 6.53. The summed E-state index contributed by atoms with van der Waals surface area (Å²) in [5, 5.41) is 12.6. The van der Waals surface area contributed by atoms with Gasteiger partial charge in [0.15, 0.2) is 0 Å². The normalized spacial score (nSPS) is 14.2. The molecule has 1 aromatic rings. The maximum absolute atomic E-state index is 11.2. The van der Waals surface area contributed by atoms with E-state index in [-0.39, 0.29) is 12.0 Å². The Morgan fingerprint density at radius 2 is 1.85 bits per heavy atom. The molecule has 0 aromatic heterocycles. The van der Waals surface area contributed by atoms with Gasteiger partial charge in [-0.1, -0.05) is 41.9 Å². The number of benzene rings is 1. The van der Waals surface area contributed by atoms with Gasteiger partial charge in [0.05, 0.1) is 5.92 Å². The number of carbonyl (C=O) groups is 1. The summed E-state index contributed by atoms with van der Waals surface area (Å²) in [5.41, 5.74) is 1.25. The molecule has 3 nitrogen and oxygen atoms in total. The van der Waals surface area contributed by atoms with Crippen molar-refractivity contribution < 1.29 is 9.90 Å². The molecule has 0 aliphatic rings. The highest BCUT2D eigenvalue weighted by atomic mass is 79.9. The quantitative estimate of drug-likeness (QED) is 0.757. The van der Waals surface area contributed by atoms with Crippen LogP contribution in [-0.2, 0) is 11.2 Å². The van der Waals surface area contributed by atoms with Crippen LogP contribution in [0.3, 0.4) is 0 Å². The first-order valence-electron chi connectivity index (χ1n) is 7.09. The molecule has 20 heavy (non-hydrogen) atoms. The van der Waals surface area contributed by atoms with E-state index in [0.29, 0.717) is 18.9 Å². The monoisotopic (exact) mass is 341 g/mol. The van der Waals surface area contributed by atoms with Crippen LogP contribution in [0.1, 0.15) is 32.8 Å². The predicted octanol–water partition coefficient (Wildman–Crippen LogP) is 3.72. The maximum atomic E-state index is 11.2. The molecular weight excluding hydrogens is 318 g/mol. The van der Waals surface area contributed by atoms with Gasteiger partial charge in [0.2, 0.25) is 0 Å². The second-order valence-corrected chi connectivity index (χ2v) is 6.72. The van der Waals surface area contributed by atoms with E-state index in [1.165, 1.54) is 5.56 Å². The van der Waals surface area contributed by atoms with Crippen molar-refractivity contribution in [1.29, 1.82) is 0 Å². The summed E-state index contributed by atoms with van der Waals surface area (Å²) in [6.07, 6.45) is 1.62. The number of hydrogen-bond donors (Lipinski definition) is 2. The van der Waals surface area contributed by atoms with Crippen molar-refractivity contribution in [2.75, 3.05) is 6.54 Å². The molecule has 0 saturated heterocycles. The zero-order valence-electron chi connectivity index (χ0n) is 12.4. The Labute approximate surface area is 129 Å². The molecule has 0 aliphatic carbocycles. The van der Waals surface area contributed by atoms with Crippen molar-refractivity contribution in [1.82, 2.24) is 5.32 Å². The Balaban J connectivity index is 2.43. The molecule has 0 aliphatic heterocycles. The Morgan fingerprint density at radius 1 is 1.25 bits per heavy atom. The van der Waals surface area contributed by atoms with Crippen LogP contribution in [0.2, 0.25) is 0 Å². The summed E-state index contributed by atoms with van der Waals surface area (Å²) in [6.45, 7) is 6.74. The Hall–Kier alpha value is -0.870. The van der Waals surface area contributed by atoms with Gasteiger partial charge in [0.25, 0.3) is 0 Å². The second kappa shape index (κ2) is 8.42. The molecule has 2 atom stereocenters. The SMILES string of the molecule is CC(C)CC(CNC(C)Cc1ccc(Br)cc1)C(=O)O. The van der Waals surface area contributed by atoms with Crippen molar-refractivity contribution in [3.63, 3.8) is 0 Å². The lowest BCUT2D eigenvalue weighted by atomic mass is 9.96. The molecule has 2 N–H and O–H groups in total. The van der Waals surface area contributed by atoms with Crippen LogP contribution >= 0.6 is 15.9 Å². The van der Waals surface area contributed by atoms with E-state index in [2.05, 4.69) is 54.2 Å². The third-order valence-electron chi connectivity index (χ3n) is 3.27. The number of hydrogen-bond acceptors (Lipinski definition) is 2. The number of nitrogens with one attached hydrogen (secondary N) is 1. The molecule has 2 unspecified atom stereocenters. The zero-order valence-corrected chi connectivity index (χ0v) is 14.0. The summed E-state index contributed by atoms with van der Waals surface area (Å²) in [5.74, 6) is -0.607. The first-order valence-corrected chi connectivity index (χ1v) is 7.88. The summed E-state index contributed by atoms with van der Waals surface area (Å²) >= 11 is 3.42. The minimum Gasteiger partial charge on any atom is -0.481 e. The van der Waals surface area contributed by atoms with E-state index in [1.54, 1.807) is 0 Å². The first-order chi connectivity index (χ1) is 9.38. The summed E-state index contributed by atoms with van der Waals surface area (Å²) < 4.78 is 1.07. The molecule has 4 heteroatoms. The lowest BCUT2D eigenvalue weighted by Gasteiger charge is -2.19. The molecule has 0 amide bonds. The van der Waals surface area contributed by atoms with Crippen LogP contribution in [0.4, 0.5) is 0 Å². The molecule has 1 rings (SSSR count). The van der Waals surface area contributed by atoms with Gasteiger partial charge in [-0.15, -0.1) is 0 Å². The van der Waals surface area contributed by atoms with E-state index in [4.69, 9.17) is 0 Å². The van der Waals surface area contributed by atoms with Crippen LogP contribution in [0.25, 0.3) is 0 Å². The van der Waals surface area contributed by atoms with Gasteiger partial charge in [-0.25, -0.2) is 0 Å². The molecule has 0 bridgehead atoms. The lowest BCUT2D eigenvalue weighted by Crippen LogP contribution is -2.36. The fourth-order valence-corrected chi connectivity index (χ4v) is 2.49. The van der Waals surface area contributed by atoms with Crippen LogP contribution in [0, 0.1) is 11.8 Å². The fourth-order valence-electron chi connectivity index (χ4n) is 2.23.